The molecule has 0 heterocycles. The molecule has 250 valence electrons. The number of amides is 2. The average Bonchev–Trinajstić information content (AvgIpc) is 2.90. The van der Waals surface area contributed by atoms with E-state index in [4.69, 9.17) is 14.3 Å². The summed E-state index contributed by atoms with van der Waals surface area (Å²) in [6.45, 7) is 10.9. The summed E-state index contributed by atoms with van der Waals surface area (Å²) in [5.41, 5.74) is 2.06. The molecule has 0 bridgehead atoms. The highest BCUT2D eigenvalue weighted by Gasteiger charge is 2.38. The van der Waals surface area contributed by atoms with Gasteiger partial charge in [-0.25, -0.2) is 9.59 Å². The molecule has 2 unspecified atom stereocenters. The minimum absolute atomic E-state index is 0.0769. The number of nitrogens with one attached hydrogen (secondary N) is 4. The van der Waals surface area contributed by atoms with E-state index in [0.717, 1.165) is 5.56 Å². The maximum atomic E-state index is 13.0. The highest BCUT2D eigenvalue weighted by atomic mass is 19.4. The van der Waals surface area contributed by atoms with Crippen molar-refractivity contribution in [3.63, 3.8) is 0 Å². The lowest BCUT2D eigenvalue weighted by molar-refractivity contribution is -0.173. The van der Waals surface area contributed by atoms with Crippen LogP contribution in [-0.4, -0.2) is 66.4 Å². The summed E-state index contributed by atoms with van der Waals surface area (Å²) in [4.78, 5) is 54.0. The number of ether oxygens (including phenoxy) is 2. The van der Waals surface area contributed by atoms with E-state index in [0.29, 0.717) is 25.8 Å². The second kappa shape index (κ2) is 18.4. The summed E-state index contributed by atoms with van der Waals surface area (Å²) in [7, 11) is 0. The number of rotatable bonds is 17. The van der Waals surface area contributed by atoms with Gasteiger partial charge in [0.15, 0.2) is 0 Å². The zero-order valence-electron chi connectivity index (χ0n) is 26.4. The van der Waals surface area contributed by atoms with Gasteiger partial charge in [0.1, 0.15) is 24.3 Å². The Morgan fingerprint density at radius 3 is 1.89 bits per heavy atom. The molecule has 0 radical (unpaired) electrons. The van der Waals surface area contributed by atoms with Crippen molar-refractivity contribution in [2.45, 2.75) is 116 Å². The Hall–Kier alpha value is -3.39. The molecule has 1 rings (SSSR count). The molecule has 2 atom stereocenters. The largest absolute Gasteiger partial charge is 0.471 e. The Morgan fingerprint density at radius 2 is 1.34 bits per heavy atom. The number of unbranched alkanes of at least 4 members (excludes halogenated alkanes) is 2. The molecule has 1 aromatic carbocycles. The predicted molar refractivity (Wildman–Crippen MR) is 157 cm³/mol. The van der Waals surface area contributed by atoms with Crippen molar-refractivity contribution in [2.75, 3.05) is 13.1 Å². The van der Waals surface area contributed by atoms with Crippen LogP contribution in [0.4, 0.5) is 18.0 Å². The third-order valence-electron chi connectivity index (χ3n) is 5.75. The van der Waals surface area contributed by atoms with Crippen LogP contribution in [-0.2, 0) is 35.3 Å². The van der Waals surface area contributed by atoms with Gasteiger partial charge < -0.3 is 24.9 Å². The monoisotopic (exact) mass is 632 g/mol. The SMILES string of the molecule is CC(C)(C)NC(CCCCNC(=O)OCc1ccccc1)C(=O)ONC(CCCCNC(=O)C(F)(F)F)C(=O)OC(C)(C)C. The van der Waals surface area contributed by atoms with Crippen molar-refractivity contribution < 1.29 is 46.7 Å². The number of hydrogen-bond acceptors (Lipinski definition) is 9. The molecule has 11 nitrogen and oxygen atoms in total. The van der Waals surface area contributed by atoms with Crippen molar-refractivity contribution in [3.05, 3.63) is 35.9 Å². The second-order valence-electron chi connectivity index (χ2n) is 12.3. The van der Waals surface area contributed by atoms with Gasteiger partial charge in [-0.2, -0.15) is 13.2 Å². The number of hydrogen-bond donors (Lipinski definition) is 4. The maximum Gasteiger partial charge on any atom is 0.471 e. The fourth-order valence-electron chi connectivity index (χ4n) is 3.78. The first-order valence-electron chi connectivity index (χ1n) is 14.6. The van der Waals surface area contributed by atoms with Crippen LogP contribution in [0.2, 0.25) is 0 Å². The molecule has 0 aliphatic rings. The number of alkyl carbamates (subject to hydrolysis) is 1. The van der Waals surface area contributed by atoms with Crippen LogP contribution in [0.1, 0.15) is 85.6 Å². The molecule has 0 aromatic heterocycles. The Bertz CT molecular complexity index is 1040. The summed E-state index contributed by atoms with van der Waals surface area (Å²) >= 11 is 0. The van der Waals surface area contributed by atoms with Crippen LogP contribution in [0, 0.1) is 0 Å². The molecule has 44 heavy (non-hydrogen) atoms. The molecule has 4 N–H and O–H groups in total. The molecule has 0 saturated heterocycles. The summed E-state index contributed by atoms with van der Waals surface area (Å²) in [6.07, 6.45) is -3.57. The van der Waals surface area contributed by atoms with Crippen LogP contribution < -0.4 is 21.4 Å². The second-order valence-corrected chi connectivity index (χ2v) is 12.3. The first-order valence-corrected chi connectivity index (χ1v) is 14.6. The van der Waals surface area contributed by atoms with Crippen molar-refractivity contribution in [2.24, 2.45) is 0 Å². The molecule has 0 fully saturated rings. The first-order chi connectivity index (χ1) is 20.4. The van der Waals surface area contributed by atoms with E-state index in [2.05, 4.69) is 16.1 Å². The van der Waals surface area contributed by atoms with Gasteiger partial charge in [0.05, 0.1) is 0 Å². The molecule has 0 spiro atoms. The number of carbonyl (C=O) groups is 4. The summed E-state index contributed by atoms with van der Waals surface area (Å²) < 4.78 is 47.7. The third-order valence-corrected chi connectivity index (χ3v) is 5.75. The first kappa shape index (κ1) is 38.6. The molecule has 14 heteroatoms. The van der Waals surface area contributed by atoms with E-state index in [1.807, 2.05) is 51.1 Å². The van der Waals surface area contributed by atoms with E-state index in [-0.39, 0.29) is 32.4 Å². The van der Waals surface area contributed by atoms with Crippen molar-refractivity contribution in [3.8, 4) is 0 Å². The predicted octanol–water partition coefficient (Wildman–Crippen LogP) is 4.45. The topological polar surface area (TPSA) is 144 Å². The summed E-state index contributed by atoms with van der Waals surface area (Å²) in [6, 6.07) is 7.44. The lowest BCUT2D eigenvalue weighted by Gasteiger charge is -2.28. The maximum absolute atomic E-state index is 13.0. The number of halogens is 3. The van der Waals surface area contributed by atoms with Gasteiger partial charge in [0.2, 0.25) is 0 Å². The van der Waals surface area contributed by atoms with Crippen LogP contribution in [0.3, 0.4) is 0 Å². The molecule has 0 saturated carbocycles. The molecule has 2 amide bonds. The van der Waals surface area contributed by atoms with Crippen molar-refractivity contribution in [1.29, 1.82) is 0 Å². The molecule has 0 aliphatic carbocycles. The zero-order chi connectivity index (χ0) is 33.4. The fraction of sp³-hybridized carbons (Fsp3) is 0.667. The lowest BCUT2D eigenvalue weighted by Crippen LogP contribution is -2.51. The molecule has 1 aromatic rings. The highest BCUT2D eigenvalue weighted by molar-refractivity contribution is 5.81. The normalized spacial score (nSPS) is 13.4. The van der Waals surface area contributed by atoms with E-state index in [1.54, 1.807) is 26.1 Å². The zero-order valence-corrected chi connectivity index (χ0v) is 26.4. The summed E-state index contributed by atoms with van der Waals surface area (Å²) in [5, 5.41) is 7.64. The molecular weight excluding hydrogens is 585 g/mol. The minimum Gasteiger partial charge on any atom is -0.459 e. The van der Waals surface area contributed by atoms with Crippen LogP contribution in [0.5, 0.6) is 0 Å². The van der Waals surface area contributed by atoms with E-state index in [1.165, 1.54) is 0 Å². The Labute approximate surface area is 257 Å². The quantitative estimate of drug-likeness (QED) is 0.0848. The molecular formula is C30H47F3N4O7. The van der Waals surface area contributed by atoms with Crippen molar-refractivity contribution in [1.82, 2.24) is 21.4 Å². The van der Waals surface area contributed by atoms with Crippen molar-refractivity contribution >= 4 is 23.9 Å². The van der Waals surface area contributed by atoms with Gasteiger partial charge in [-0.3, -0.25) is 14.9 Å². The third kappa shape index (κ3) is 18.3. The van der Waals surface area contributed by atoms with Gasteiger partial charge in [-0.15, -0.1) is 5.48 Å². The average molecular weight is 633 g/mol. The van der Waals surface area contributed by atoms with E-state index in [9.17, 15) is 32.3 Å². The number of benzene rings is 1. The summed E-state index contributed by atoms with van der Waals surface area (Å²) in [5.74, 6) is -3.40. The smallest absolute Gasteiger partial charge is 0.459 e. The number of esters is 1. The van der Waals surface area contributed by atoms with Gasteiger partial charge in [-0.1, -0.05) is 30.3 Å². The van der Waals surface area contributed by atoms with Crippen LogP contribution in [0.25, 0.3) is 0 Å². The standard InChI is InChI=1S/C30H47F3N4O7/c1-28(2,3)36-22(16-10-13-19-35-27(41)42-20-21-14-8-7-9-15-21)25(39)44-37-23(24(38)43-29(4,5)6)17-11-12-18-34-26(40)30(31,32)33/h7-9,14-15,22-23,36-37H,10-13,16-20H2,1-6H3,(H,34,40)(H,35,41). The highest BCUT2D eigenvalue weighted by Crippen LogP contribution is 2.15. The Morgan fingerprint density at radius 1 is 0.773 bits per heavy atom. The fourth-order valence-corrected chi connectivity index (χ4v) is 3.78. The van der Waals surface area contributed by atoms with Crippen LogP contribution in [0.15, 0.2) is 30.3 Å². The number of carbonyl (C=O) groups excluding carboxylic acids is 4. The Kier molecular flexibility index (Phi) is 16.2. The van der Waals surface area contributed by atoms with Gasteiger partial charge in [-0.05, 0) is 85.6 Å². The number of alkyl halides is 3. The van der Waals surface area contributed by atoms with E-state index >= 15 is 0 Å². The van der Waals surface area contributed by atoms with Gasteiger partial charge in [0, 0.05) is 18.6 Å². The lowest BCUT2D eigenvalue weighted by atomic mass is 10.0. The molecule has 0 aliphatic heterocycles. The minimum atomic E-state index is -4.97. The van der Waals surface area contributed by atoms with E-state index < -0.39 is 53.3 Å². The van der Waals surface area contributed by atoms with Crippen LogP contribution >= 0.6 is 0 Å². The van der Waals surface area contributed by atoms with Gasteiger partial charge >= 0.3 is 30.1 Å². The number of hydroxylamine groups is 1. The van der Waals surface area contributed by atoms with Gasteiger partial charge in [0.25, 0.3) is 0 Å². The Balaban J connectivity index is 2.61.